The van der Waals surface area contributed by atoms with Gasteiger partial charge in [0, 0.05) is 13.2 Å². The van der Waals surface area contributed by atoms with Crippen molar-refractivity contribution < 1.29 is 14.3 Å². The molecule has 3 nitrogen and oxygen atoms in total. The average Bonchev–Trinajstić information content (AvgIpc) is 2.30. The van der Waals surface area contributed by atoms with E-state index < -0.39 is 0 Å². The first-order chi connectivity index (χ1) is 6.84. The van der Waals surface area contributed by atoms with E-state index in [-0.39, 0.29) is 11.9 Å². The van der Waals surface area contributed by atoms with Crippen molar-refractivity contribution in [3.8, 4) is 0 Å². The number of rotatable bonds is 3. The number of ether oxygens (including phenoxy) is 2. The predicted molar refractivity (Wildman–Crippen MR) is 56.1 cm³/mol. The van der Waals surface area contributed by atoms with Gasteiger partial charge in [-0.1, -0.05) is 20.8 Å². The van der Waals surface area contributed by atoms with Gasteiger partial charge in [-0.3, -0.25) is 4.79 Å². The fraction of sp³-hybridized carbons (Fsp3) is 0.909. The van der Waals surface area contributed by atoms with Crippen LogP contribution in [0.5, 0.6) is 0 Å². The second-order valence-corrected chi connectivity index (χ2v) is 3.05. The van der Waals surface area contributed by atoms with Gasteiger partial charge >= 0.3 is 5.97 Å². The lowest BCUT2D eigenvalue weighted by Gasteiger charge is -2.20. The molecule has 14 heavy (non-hydrogen) atoms. The molecule has 1 aliphatic heterocycles. The van der Waals surface area contributed by atoms with E-state index in [2.05, 4.69) is 0 Å². The van der Waals surface area contributed by atoms with Crippen LogP contribution in [-0.4, -0.2) is 25.8 Å². The maximum absolute atomic E-state index is 11.3. The van der Waals surface area contributed by atoms with E-state index >= 15 is 0 Å². The molecule has 1 fully saturated rings. The van der Waals surface area contributed by atoms with E-state index in [1.807, 2.05) is 20.8 Å². The van der Waals surface area contributed by atoms with Crippen LogP contribution in [0.4, 0.5) is 0 Å². The molecule has 84 valence electrons. The Kier molecular flexibility index (Phi) is 8.64. The summed E-state index contributed by atoms with van der Waals surface area (Å²) in [6, 6.07) is 0. The van der Waals surface area contributed by atoms with Crippen molar-refractivity contribution in [3.05, 3.63) is 0 Å². The van der Waals surface area contributed by atoms with Crippen molar-refractivity contribution in [3.63, 3.8) is 0 Å². The van der Waals surface area contributed by atoms with Crippen LogP contribution in [0.25, 0.3) is 0 Å². The first-order valence-electron chi connectivity index (χ1n) is 5.59. The molecule has 0 amide bonds. The van der Waals surface area contributed by atoms with Crippen molar-refractivity contribution >= 4 is 5.97 Å². The van der Waals surface area contributed by atoms with Crippen LogP contribution in [0.1, 0.15) is 40.0 Å². The monoisotopic (exact) mass is 202 g/mol. The average molecular weight is 202 g/mol. The summed E-state index contributed by atoms with van der Waals surface area (Å²) in [5.41, 5.74) is 0. The molecule has 1 saturated heterocycles. The van der Waals surface area contributed by atoms with Gasteiger partial charge in [-0.05, 0) is 19.3 Å². The highest BCUT2D eigenvalue weighted by Crippen LogP contribution is 2.15. The molecule has 0 N–H and O–H groups in total. The quantitative estimate of drug-likeness (QED) is 0.659. The highest BCUT2D eigenvalue weighted by Gasteiger charge is 2.22. The Morgan fingerprint density at radius 3 is 2.43 bits per heavy atom. The highest BCUT2D eigenvalue weighted by molar-refractivity contribution is 5.72. The molecule has 1 aliphatic rings. The molecule has 0 radical (unpaired) electrons. The van der Waals surface area contributed by atoms with Crippen LogP contribution in [0.3, 0.4) is 0 Å². The van der Waals surface area contributed by atoms with E-state index in [1.54, 1.807) is 0 Å². The summed E-state index contributed by atoms with van der Waals surface area (Å²) in [7, 11) is 0. The van der Waals surface area contributed by atoms with E-state index in [0.717, 1.165) is 19.3 Å². The Hall–Kier alpha value is -0.570. The minimum Gasteiger partial charge on any atom is -0.465 e. The number of carbonyl (C=O) groups is 1. The zero-order valence-electron chi connectivity index (χ0n) is 9.54. The lowest BCUT2D eigenvalue weighted by molar-refractivity contribution is -0.151. The van der Waals surface area contributed by atoms with E-state index in [1.165, 1.54) is 0 Å². The minimum atomic E-state index is -0.0415. The minimum absolute atomic E-state index is 0.0415. The molecule has 1 rings (SSSR count). The predicted octanol–water partition coefficient (Wildman–Crippen LogP) is 2.39. The standard InChI is InChI=1S/C9H16O3.C2H6/c1-2-5-12-9(10)8-3-6-11-7-4-8;1-2/h8H,2-7H2,1H3;1-2H3. The number of carbonyl (C=O) groups excluding carboxylic acids is 1. The summed E-state index contributed by atoms with van der Waals surface area (Å²) in [6.07, 6.45) is 2.54. The molecular weight excluding hydrogens is 180 g/mol. The van der Waals surface area contributed by atoms with Crippen LogP contribution >= 0.6 is 0 Å². The van der Waals surface area contributed by atoms with Crippen molar-refractivity contribution in [2.75, 3.05) is 19.8 Å². The maximum Gasteiger partial charge on any atom is 0.309 e. The molecule has 1 heterocycles. The second-order valence-electron chi connectivity index (χ2n) is 3.05. The molecule has 0 aliphatic carbocycles. The van der Waals surface area contributed by atoms with Crippen LogP contribution in [0.2, 0.25) is 0 Å². The van der Waals surface area contributed by atoms with Gasteiger partial charge < -0.3 is 9.47 Å². The third-order valence-corrected chi connectivity index (χ3v) is 2.00. The molecule has 0 aromatic heterocycles. The fourth-order valence-electron chi connectivity index (χ4n) is 1.25. The Morgan fingerprint density at radius 1 is 1.36 bits per heavy atom. The zero-order chi connectivity index (χ0) is 10.8. The lowest BCUT2D eigenvalue weighted by atomic mass is 10.0. The number of hydrogen-bond donors (Lipinski definition) is 0. The maximum atomic E-state index is 11.3. The molecule has 0 atom stereocenters. The molecule has 3 heteroatoms. The summed E-state index contributed by atoms with van der Waals surface area (Å²) in [6.45, 7) is 7.95. The normalized spacial score (nSPS) is 16.8. The third kappa shape index (κ3) is 5.22. The summed E-state index contributed by atoms with van der Waals surface area (Å²) >= 11 is 0. The van der Waals surface area contributed by atoms with Crippen molar-refractivity contribution in [1.82, 2.24) is 0 Å². The zero-order valence-corrected chi connectivity index (χ0v) is 9.54. The smallest absolute Gasteiger partial charge is 0.309 e. The highest BCUT2D eigenvalue weighted by atomic mass is 16.5. The molecule has 0 aromatic carbocycles. The third-order valence-electron chi connectivity index (χ3n) is 2.00. The summed E-state index contributed by atoms with van der Waals surface area (Å²) in [4.78, 5) is 11.3. The Balaban J connectivity index is 0.000000791. The van der Waals surface area contributed by atoms with Gasteiger partial charge in [0.2, 0.25) is 0 Å². The van der Waals surface area contributed by atoms with Crippen molar-refractivity contribution in [2.24, 2.45) is 5.92 Å². The Morgan fingerprint density at radius 2 is 1.93 bits per heavy atom. The SMILES string of the molecule is CC.CCCOC(=O)C1CCOCC1. The number of hydrogen-bond acceptors (Lipinski definition) is 3. The van der Waals surface area contributed by atoms with E-state index in [0.29, 0.717) is 19.8 Å². The van der Waals surface area contributed by atoms with Gasteiger partial charge in [0.25, 0.3) is 0 Å². The van der Waals surface area contributed by atoms with Crippen LogP contribution in [0.15, 0.2) is 0 Å². The number of esters is 1. The van der Waals surface area contributed by atoms with Gasteiger partial charge in [-0.25, -0.2) is 0 Å². The first kappa shape index (κ1) is 13.4. The van der Waals surface area contributed by atoms with Gasteiger partial charge in [0.05, 0.1) is 12.5 Å². The summed E-state index contributed by atoms with van der Waals surface area (Å²) in [5, 5.41) is 0. The van der Waals surface area contributed by atoms with Crippen LogP contribution < -0.4 is 0 Å². The molecule has 0 spiro atoms. The topological polar surface area (TPSA) is 35.5 Å². The molecule has 0 unspecified atom stereocenters. The first-order valence-corrected chi connectivity index (χ1v) is 5.59. The summed E-state index contributed by atoms with van der Waals surface area (Å²) < 4.78 is 10.2. The lowest BCUT2D eigenvalue weighted by Crippen LogP contribution is -2.25. The van der Waals surface area contributed by atoms with Crippen molar-refractivity contribution in [2.45, 2.75) is 40.0 Å². The molecule has 0 bridgehead atoms. The van der Waals surface area contributed by atoms with Crippen LogP contribution in [0, 0.1) is 5.92 Å². The van der Waals surface area contributed by atoms with Crippen LogP contribution in [-0.2, 0) is 14.3 Å². The molecule has 0 aromatic rings. The second kappa shape index (κ2) is 9.00. The van der Waals surface area contributed by atoms with Gasteiger partial charge in [0.1, 0.15) is 0 Å². The van der Waals surface area contributed by atoms with Gasteiger partial charge in [-0.15, -0.1) is 0 Å². The Labute approximate surface area is 86.8 Å². The fourth-order valence-corrected chi connectivity index (χ4v) is 1.25. The molecule has 0 saturated carbocycles. The largest absolute Gasteiger partial charge is 0.465 e. The Bertz CT molecular complexity index is 139. The van der Waals surface area contributed by atoms with Crippen molar-refractivity contribution in [1.29, 1.82) is 0 Å². The van der Waals surface area contributed by atoms with Gasteiger partial charge in [-0.2, -0.15) is 0 Å². The van der Waals surface area contributed by atoms with Gasteiger partial charge in [0.15, 0.2) is 0 Å². The van der Waals surface area contributed by atoms with E-state index in [9.17, 15) is 4.79 Å². The molecular formula is C11H22O3. The van der Waals surface area contributed by atoms with E-state index in [4.69, 9.17) is 9.47 Å². The summed E-state index contributed by atoms with van der Waals surface area (Å²) in [5.74, 6) is 0.0467.